The molecular formula is C11H13ClFNO. The second kappa shape index (κ2) is 4.08. The molecule has 0 spiro atoms. The molecule has 1 atom stereocenters. The highest BCUT2D eigenvalue weighted by Crippen LogP contribution is 2.23. The first-order chi connectivity index (χ1) is 7.07. The van der Waals surface area contributed by atoms with Crippen molar-refractivity contribution in [2.24, 2.45) is 0 Å². The summed E-state index contributed by atoms with van der Waals surface area (Å²) in [4.78, 5) is 0. The van der Waals surface area contributed by atoms with Gasteiger partial charge in [0.25, 0.3) is 0 Å². The van der Waals surface area contributed by atoms with Crippen LogP contribution in [-0.4, -0.2) is 23.8 Å². The molecule has 15 heavy (non-hydrogen) atoms. The molecule has 2 N–H and O–H groups in total. The summed E-state index contributed by atoms with van der Waals surface area (Å²) >= 11 is 5.74. The molecule has 1 saturated heterocycles. The highest BCUT2D eigenvalue weighted by Gasteiger charge is 2.31. The van der Waals surface area contributed by atoms with E-state index in [0.717, 1.165) is 12.1 Å². The van der Waals surface area contributed by atoms with Gasteiger partial charge in [0.2, 0.25) is 0 Å². The maximum absolute atomic E-state index is 13.0. The summed E-state index contributed by atoms with van der Waals surface area (Å²) in [5, 5.41) is 13.6. The lowest BCUT2D eigenvalue weighted by atomic mass is 9.94. The third kappa shape index (κ3) is 2.68. The first-order valence-corrected chi connectivity index (χ1v) is 5.33. The standard InChI is InChI=1S/C11H13ClFNO/c12-9-3-8(4-10(13)5-9)6-11(15)1-2-14-7-11/h3-5,14-15H,1-2,6-7H2. The zero-order valence-electron chi connectivity index (χ0n) is 8.26. The number of aliphatic hydroxyl groups is 1. The van der Waals surface area contributed by atoms with Crippen LogP contribution < -0.4 is 5.32 Å². The molecule has 1 aromatic carbocycles. The van der Waals surface area contributed by atoms with Crippen molar-refractivity contribution in [2.45, 2.75) is 18.4 Å². The molecule has 2 nitrogen and oxygen atoms in total. The number of nitrogens with one attached hydrogen (secondary N) is 1. The van der Waals surface area contributed by atoms with E-state index in [0.29, 0.717) is 24.4 Å². The van der Waals surface area contributed by atoms with E-state index in [2.05, 4.69) is 5.32 Å². The van der Waals surface area contributed by atoms with E-state index in [1.807, 2.05) is 0 Å². The molecule has 0 bridgehead atoms. The normalized spacial score (nSPS) is 25.8. The molecule has 0 saturated carbocycles. The van der Waals surface area contributed by atoms with E-state index in [4.69, 9.17) is 11.6 Å². The van der Waals surface area contributed by atoms with Gasteiger partial charge in [-0.1, -0.05) is 11.6 Å². The van der Waals surface area contributed by atoms with Gasteiger partial charge in [-0.3, -0.25) is 0 Å². The van der Waals surface area contributed by atoms with Gasteiger partial charge in [-0.2, -0.15) is 0 Å². The largest absolute Gasteiger partial charge is 0.388 e. The van der Waals surface area contributed by atoms with Crippen molar-refractivity contribution >= 4 is 11.6 Å². The Kier molecular flexibility index (Phi) is 2.96. The Morgan fingerprint density at radius 3 is 2.87 bits per heavy atom. The van der Waals surface area contributed by atoms with Crippen molar-refractivity contribution in [2.75, 3.05) is 13.1 Å². The molecule has 1 aliphatic heterocycles. The van der Waals surface area contributed by atoms with E-state index in [1.165, 1.54) is 12.1 Å². The summed E-state index contributed by atoms with van der Waals surface area (Å²) in [5.74, 6) is -0.355. The molecule has 1 unspecified atom stereocenters. The van der Waals surface area contributed by atoms with Crippen LogP contribution in [0.1, 0.15) is 12.0 Å². The second-order valence-electron chi connectivity index (χ2n) is 4.11. The maximum Gasteiger partial charge on any atom is 0.124 e. The van der Waals surface area contributed by atoms with Gasteiger partial charge in [-0.05, 0) is 36.7 Å². The second-order valence-corrected chi connectivity index (χ2v) is 4.54. The predicted molar refractivity (Wildman–Crippen MR) is 57.6 cm³/mol. The van der Waals surface area contributed by atoms with E-state index in [-0.39, 0.29) is 5.82 Å². The van der Waals surface area contributed by atoms with Gasteiger partial charge in [0.1, 0.15) is 5.82 Å². The van der Waals surface area contributed by atoms with Crippen LogP contribution in [0.4, 0.5) is 4.39 Å². The molecule has 82 valence electrons. The van der Waals surface area contributed by atoms with Crippen LogP contribution in [0, 0.1) is 5.82 Å². The van der Waals surface area contributed by atoms with Gasteiger partial charge in [0, 0.05) is 18.0 Å². The Balaban J connectivity index is 2.16. The van der Waals surface area contributed by atoms with Crippen LogP contribution in [0.25, 0.3) is 0 Å². The molecule has 0 amide bonds. The molecule has 0 aliphatic carbocycles. The highest BCUT2D eigenvalue weighted by atomic mass is 35.5. The topological polar surface area (TPSA) is 32.3 Å². The molecule has 1 fully saturated rings. The van der Waals surface area contributed by atoms with Crippen molar-refractivity contribution in [1.82, 2.24) is 5.32 Å². The van der Waals surface area contributed by atoms with E-state index in [9.17, 15) is 9.50 Å². The van der Waals surface area contributed by atoms with Crippen molar-refractivity contribution in [3.05, 3.63) is 34.6 Å². The summed E-state index contributed by atoms with van der Waals surface area (Å²) in [6.07, 6.45) is 1.14. The Hall–Kier alpha value is -0.640. The molecule has 1 aliphatic rings. The maximum atomic E-state index is 13.0. The van der Waals surface area contributed by atoms with Gasteiger partial charge >= 0.3 is 0 Å². The number of rotatable bonds is 2. The summed E-state index contributed by atoms with van der Waals surface area (Å²) in [5.41, 5.74) is -0.0110. The molecule has 1 aromatic rings. The fraction of sp³-hybridized carbons (Fsp3) is 0.455. The van der Waals surface area contributed by atoms with Crippen LogP contribution in [-0.2, 0) is 6.42 Å². The minimum atomic E-state index is -0.753. The molecule has 1 heterocycles. The van der Waals surface area contributed by atoms with Crippen LogP contribution in [0.15, 0.2) is 18.2 Å². The minimum Gasteiger partial charge on any atom is -0.388 e. The summed E-state index contributed by atoms with van der Waals surface area (Å²) < 4.78 is 13.0. The molecular weight excluding hydrogens is 217 g/mol. The molecule has 4 heteroatoms. The van der Waals surface area contributed by atoms with Crippen LogP contribution in [0.2, 0.25) is 5.02 Å². The van der Waals surface area contributed by atoms with Gasteiger partial charge < -0.3 is 10.4 Å². The number of β-amino-alcohol motifs (C(OH)–C–C–N with tert-alkyl or cyclic N) is 1. The lowest BCUT2D eigenvalue weighted by Gasteiger charge is -2.21. The van der Waals surface area contributed by atoms with E-state index >= 15 is 0 Å². The van der Waals surface area contributed by atoms with Crippen molar-refractivity contribution < 1.29 is 9.50 Å². The third-order valence-corrected chi connectivity index (χ3v) is 2.89. The predicted octanol–water partition coefficient (Wildman–Crippen LogP) is 1.75. The first kappa shape index (κ1) is 10.9. The number of hydrogen-bond donors (Lipinski definition) is 2. The average molecular weight is 230 g/mol. The highest BCUT2D eigenvalue weighted by molar-refractivity contribution is 6.30. The third-order valence-electron chi connectivity index (χ3n) is 2.68. The van der Waals surface area contributed by atoms with Crippen LogP contribution in [0.5, 0.6) is 0 Å². The van der Waals surface area contributed by atoms with Crippen molar-refractivity contribution in [3.63, 3.8) is 0 Å². The van der Waals surface area contributed by atoms with E-state index < -0.39 is 5.60 Å². The van der Waals surface area contributed by atoms with Gasteiger partial charge in [-0.25, -0.2) is 4.39 Å². The van der Waals surface area contributed by atoms with Crippen molar-refractivity contribution in [3.8, 4) is 0 Å². The number of hydrogen-bond acceptors (Lipinski definition) is 2. The van der Waals surface area contributed by atoms with E-state index in [1.54, 1.807) is 6.07 Å². The Labute approximate surface area is 93.1 Å². The van der Waals surface area contributed by atoms with Crippen LogP contribution in [0.3, 0.4) is 0 Å². The zero-order valence-corrected chi connectivity index (χ0v) is 9.02. The quantitative estimate of drug-likeness (QED) is 0.810. The SMILES string of the molecule is OC1(Cc2cc(F)cc(Cl)c2)CCNC1. The smallest absolute Gasteiger partial charge is 0.124 e. The summed E-state index contributed by atoms with van der Waals surface area (Å²) in [6.45, 7) is 1.36. The lowest BCUT2D eigenvalue weighted by Crippen LogP contribution is -2.33. The fourth-order valence-corrected chi connectivity index (χ4v) is 2.22. The van der Waals surface area contributed by atoms with Gasteiger partial charge in [0.15, 0.2) is 0 Å². The molecule has 2 rings (SSSR count). The van der Waals surface area contributed by atoms with Gasteiger partial charge in [-0.15, -0.1) is 0 Å². The average Bonchev–Trinajstić information content (AvgIpc) is 2.49. The first-order valence-electron chi connectivity index (χ1n) is 4.95. The number of benzene rings is 1. The Morgan fingerprint density at radius 2 is 2.27 bits per heavy atom. The monoisotopic (exact) mass is 229 g/mol. The minimum absolute atomic E-state index is 0.355. The van der Waals surface area contributed by atoms with Crippen molar-refractivity contribution in [1.29, 1.82) is 0 Å². The zero-order chi connectivity index (χ0) is 10.9. The molecule has 0 aromatic heterocycles. The summed E-state index contributed by atoms with van der Waals surface area (Å²) in [6, 6.07) is 4.38. The van der Waals surface area contributed by atoms with Crippen LogP contribution >= 0.6 is 11.6 Å². The fourth-order valence-electron chi connectivity index (χ4n) is 1.97. The number of halogens is 2. The summed E-state index contributed by atoms with van der Waals surface area (Å²) in [7, 11) is 0. The Bertz CT molecular complexity index is 343. The lowest BCUT2D eigenvalue weighted by molar-refractivity contribution is 0.0618. The Morgan fingerprint density at radius 1 is 1.47 bits per heavy atom. The van der Waals surface area contributed by atoms with Gasteiger partial charge in [0.05, 0.1) is 5.60 Å². The molecule has 0 radical (unpaired) electrons.